The van der Waals surface area contributed by atoms with Crippen LogP contribution < -0.4 is 10.5 Å². The van der Waals surface area contributed by atoms with E-state index in [0.29, 0.717) is 23.4 Å². The van der Waals surface area contributed by atoms with E-state index >= 15 is 0 Å². The zero-order valence-electron chi connectivity index (χ0n) is 12.7. The number of nitrogens with two attached hydrogens (primary N) is 1. The third-order valence-electron chi connectivity index (χ3n) is 3.65. The lowest BCUT2D eigenvalue weighted by Crippen LogP contribution is -2.36. The molecule has 10 nitrogen and oxygen atoms in total. The fourth-order valence-electron chi connectivity index (χ4n) is 2.62. The lowest BCUT2D eigenvalue weighted by molar-refractivity contribution is -0.492. The van der Waals surface area contributed by atoms with Crippen molar-refractivity contribution < 1.29 is 32.1 Å². The molecule has 2 rings (SSSR count). The van der Waals surface area contributed by atoms with Gasteiger partial charge in [0.1, 0.15) is 8.42 Å². The molecule has 2 heterocycles. The fraction of sp³-hybridized carbons (Fsp3) is 0.636. The van der Waals surface area contributed by atoms with E-state index in [0.717, 1.165) is 0 Å². The van der Waals surface area contributed by atoms with E-state index in [1.807, 2.05) is 6.92 Å². The highest BCUT2D eigenvalue weighted by molar-refractivity contribution is 7.95. The van der Waals surface area contributed by atoms with Gasteiger partial charge in [0.25, 0.3) is 0 Å². The quantitative estimate of drug-likeness (QED) is 0.461. The summed E-state index contributed by atoms with van der Waals surface area (Å²) in [6, 6.07) is 0.959. The molecule has 0 radical (unpaired) electrons. The normalized spacial score (nSPS) is 23.4. The molecule has 0 aromatic carbocycles. The van der Waals surface area contributed by atoms with E-state index in [2.05, 4.69) is 10.2 Å². The Bertz CT molecular complexity index is 788. The zero-order valence-corrected chi connectivity index (χ0v) is 15.2. The van der Waals surface area contributed by atoms with Gasteiger partial charge in [0.2, 0.25) is 10.0 Å². The average molecular weight is 401 g/mol. The SMILES string of the molecule is CCN[C@H]1C[C@H](CCON(O)O)S(=O)(=O)c2sc(S(N)(=O)=O)cc21. The van der Waals surface area contributed by atoms with Crippen LogP contribution in [0.15, 0.2) is 14.5 Å². The van der Waals surface area contributed by atoms with Crippen LogP contribution in [0.4, 0.5) is 0 Å². The van der Waals surface area contributed by atoms with Gasteiger partial charge in [0.15, 0.2) is 9.84 Å². The van der Waals surface area contributed by atoms with Crippen molar-refractivity contribution in [2.45, 2.75) is 39.5 Å². The van der Waals surface area contributed by atoms with E-state index < -0.39 is 30.5 Å². The maximum Gasteiger partial charge on any atom is 0.247 e. The molecule has 0 aliphatic carbocycles. The van der Waals surface area contributed by atoms with Crippen LogP contribution in [0.1, 0.15) is 31.4 Å². The molecular formula is C11H19N3O7S3. The molecule has 0 amide bonds. The van der Waals surface area contributed by atoms with Crippen LogP contribution in [0.25, 0.3) is 0 Å². The highest BCUT2D eigenvalue weighted by atomic mass is 32.3. The molecule has 1 aliphatic rings. The summed E-state index contributed by atoms with van der Waals surface area (Å²) in [5.41, 5.74) is 0.397. The van der Waals surface area contributed by atoms with E-state index in [9.17, 15) is 16.8 Å². The number of hydrogen-bond acceptors (Lipinski definition) is 10. The molecule has 0 saturated carbocycles. The van der Waals surface area contributed by atoms with E-state index in [-0.39, 0.29) is 33.9 Å². The van der Waals surface area contributed by atoms with Crippen molar-refractivity contribution in [2.24, 2.45) is 5.14 Å². The molecule has 138 valence electrons. The molecule has 0 spiro atoms. The topological polar surface area (TPSA) is 159 Å². The van der Waals surface area contributed by atoms with Gasteiger partial charge in [-0.25, -0.2) is 22.0 Å². The Balaban J connectivity index is 2.39. The number of primary sulfonamides is 1. The van der Waals surface area contributed by atoms with Gasteiger partial charge in [-0.3, -0.25) is 15.3 Å². The Labute approximate surface area is 143 Å². The van der Waals surface area contributed by atoms with Crippen LogP contribution in [0.5, 0.6) is 0 Å². The minimum Gasteiger partial charge on any atom is -0.310 e. The summed E-state index contributed by atoms with van der Waals surface area (Å²) in [4.78, 5) is 4.43. The first-order valence-electron chi connectivity index (χ1n) is 7.02. The summed E-state index contributed by atoms with van der Waals surface area (Å²) in [7, 11) is -7.78. The minimum absolute atomic E-state index is 0.0178. The zero-order chi connectivity index (χ0) is 18.1. The number of sulfonamides is 1. The maximum atomic E-state index is 12.7. The van der Waals surface area contributed by atoms with Gasteiger partial charge >= 0.3 is 0 Å². The standard InChI is InChI=1S/C11H19N3O7S3/c1-2-13-9-5-7(3-4-21-14(15)16)23(17,18)11-8(9)6-10(22-11)24(12,19)20/h6-7,9,13,15-16H,2-5H2,1H3,(H2,12,19,20)/t7-,9-/m0/s1. The predicted octanol–water partition coefficient (Wildman–Crippen LogP) is -0.00580. The molecule has 1 aromatic heterocycles. The van der Waals surface area contributed by atoms with E-state index in [4.69, 9.17) is 15.6 Å². The fourth-order valence-corrected chi connectivity index (χ4v) is 7.30. The molecule has 0 saturated heterocycles. The van der Waals surface area contributed by atoms with Crippen molar-refractivity contribution in [2.75, 3.05) is 13.2 Å². The summed E-state index contributed by atoms with van der Waals surface area (Å²) in [5, 5.41) is 24.0. The van der Waals surface area contributed by atoms with Crippen molar-refractivity contribution in [1.82, 2.24) is 10.7 Å². The van der Waals surface area contributed by atoms with E-state index in [1.54, 1.807) is 0 Å². The summed E-state index contributed by atoms with van der Waals surface area (Å²) >= 11 is 0.631. The molecule has 0 unspecified atom stereocenters. The first-order chi connectivity index (χ1) is 11.1. The van der Waals surface area contributed by atoms with Crippen molar-refractivity contribution in [3.05, 3.63) is 11.6 Å². The highest BCUT2D eigenvalue weighted by Crippen LogP contribution is 2.43. The molecular weight excluding hydrogens is 382 g/mol. The van der Waals surface area contributed by atoms with Crippen LogP contribution >= 0.6 is 11.3 Å². The number of nitrogens with one attached hydrogen (secondary N) is 1. The number of fused-ring (bicyclic) bond motifs is 1. The second kappa shape index (κ2) is 7.31. The third-order valence-corrected chi connectivity index (χ3v) is 9.02. The predicted molar refractivity (Wildman–Crippen MR) is 83.7 cm³/mol. The molecule has 1 aliphatic heterocycles. The molecule has 0 fully saturated rings. The van der Waals surface area contributed by atoms with Gasteiger partial charge in [-0.1, -0.05) is 6.92 Å². The maximum absolute atomic E-state index is 12.7. The monoisotopic (exact) mass is 401 g/mol. The van der Waals surface area contributed by atoms with Gasteiger partial charge in [-0.2, -0.15) is 0 Å². The lowest BCUT2D eigenvalue weighted by atomic mass is 10.0. The average Bonchev–Trinajstić information content (AvgIpc) is 2.90. The second-order valence-electron chi connectivity index (χ2n) is 5.24. The van der Waals surface area contributed by atoms with Crippen LogP contribution in [-0.4, -0.2) is 51.0 Å². The number of hydrogen-bond donors (Lipinski definition) is 4. The number of thiophene rings is 1. The van der Waals surface area contributed by atoms with Crippen molar-refractivity contribution in [1.29, 1.82) is 0 Å². The van der Waals surface area contributed by atoms with Gasteiger partial charge in [0, 0.05) is 11.6 Å². The third kappa shape index (κ3) is 4.12. The minimum atomic E-state index is -4.00. The number of nitrogens with zero attached hydrogens (tertiary/aromatic N) is 1. The Morgan fingerprint density at radius 1 is 1.50 bits per heavy atom. The molecule has 1 aromatic rings. The molecule has 0 bridgehead atoms. The first kappa shape index (κ1) is 19.7. The molecule has 13 heteroatoms. The van der Waals surface area contributed by atoms with Crippen molar-refractivity contribution in [3.63, 3.8) is 0 Å². The molecule has 2 atom stereocenters. The number of rotatable bonds is 7. The second-order valence-corrected chi connectivity index (χ2v) is 10.5. The summed E-state index contributed by atoms with van der Waals surface area (Å²) < 4.78 is 48.3. The van der Waals surface area contributed by atoms with Gasteiger partial charge in [-0.05, 0) is 25.5 Å². The lowest BCUT2D eigenvalue weighted by Gasteiger charge is -2.29. The number of sulfone groups is 1. The van der Waals surface area contributed by atoms with Crippen molar-refractivity contribution >= 4 is 31.2 Å². The first-order valence-corrected chi connectivity index (χ1v) is 10.9. The van der Waals surface area contributed by atoms with Crippen LogP contribution in [0.2, 0.25) is 0 Å². The summed E-state index contributed by atoms with van der Waals surface area (Å²) in [6.07, 6.45) is 0.230. The molecule has 24 heavy (non-hydrogen) atoms. The summed E-state index contributed by atoms with van der Waals surface area (Å²) in [5.74, 6) is 0. The highest BCUT2D eigenvalue weighted by Gasteiger charge is 2.41. The van der Waals surface area contributed by atoms with Gasteiger partial charge < -0.3 is 5.32 Å². The Morgan fingerprint density at radius 3 is 2.71 bits per heavy atom. The van der Waals surface area contributed by atoms with E-state index in [1.165, 1.54) is 6.07 Å². The van der Waals surface area contributed by atoms with Crippen LogP contribution in [0, 0.1) is 0 Å². The van der Waals surface area contributed by atoms with Crippen molar-refractivity contribution in [3.8, 4) is 0 Å². The van der Waals surface area contributed by atoms with Crippen LogP contribution in [0.3, 0.4) is 0 Å². The molecule has 5 N–H and O–H groups in total. The largest absolute Gasteiger partial charge is 0.310 e. The Hall–Kier alpha value is -0.640. The van der Waals surface area contributed by atoms with Crippen LogP contribution in [-0.2, 0) is 24.7 Å². The Kier molecular flexibility index (Phi) is 5.99. The smallest absolute Gasteiger partial charge is 0.247 e. The van der Waals surface area contributed by atoms with Gasteiger partial charge in [-0.15, -0.1) is 11.3 Å². The van der Waals surface area contributed by atoms with Gasteiger partial charge in [0.05, 0.1) is 17.2 Å². The Morgan fingerprint density at radius 2 is 2.17 bits per heavy atom. The summed E-state index contributed by atoms with van der Waals surface area (Å²) in [6.45, 7) is 2.19.